The topological polar surface area (TPSA) is 71.8 Å². The number of guanidine groups is 1. The van der Waals surface area contributed by atoms with Crippen molar-refractivity contribution < 1.29 is 4.42 Å². The molecule has 5 nitrogen and oxygen atoms in total. The lowest BCUT2D eigenvalue weighted by molar-refractivity contribution is 0.561. The summed E-state index contributed by atoms with van der Waals surface area (Å²) in [5, 5.41) is 0.803. The van der Waals surface area contributed by atoms with E-state index in [9.17, 15) is 4.79 Å². The number of para-hydroxylation sites is 1. The van der Waals surface area contributed by atoms with Gasteiger partial charge in [0, 0.05) is 24.2 Å². The molecule has 0 unspecified atom stereocenters. The van der Waals surface area contributed by atoms with E-state index in [0.29, 0.717) is 17.2 Å². The van der Waals surface area contributed by atoms with Crippen molar-refractivity contribution in [3.05, 3.63) is 70.6 Å². The Hall–Kier alpha value is -3.08. The lowest BCUT2D eigenvalue weighted by atomic mass is 10.2. The zero-order chi connectivity index (χ0) is 16.4. The maximum Gasteiger partial charge on any atom is 0.336 e. The van der Waals surface area contributed by atoms with Crippen LogP contribution in [0.1, 0.15) is 5.56 Å². The van der Waals surface area contributed by atoms with Gasteiger partial charge in [0.15, 0.2) is 5.58 Å². The van der Waals surface area contributed by atoms with Crippen molar-refractivity contribution in [1.29, 1.82) is 0 Å². The Kier molecular flexibility index (Phi) is 3.85. The molecule has 1 heterocycles. The number of hydrogen-bond acceptors (Lipinski definition) is 3. The number of nitrogens with two attached hydrogens (primary N) is 1. The molecule has 0 fully saturated rings. The van der Waals surface area contributed by atoms with Crippen molar-refractivity contribution >= 4 is 28.3 Å². The van der Waals surface area contributed by atoms with E-state index in [-0.39, 0.29) is 0 Å². The van der Waals surface area contributed by atoms with E-state index < -0.39 is 5.63 Å². The van der Waals surface area contributed by atoms with Gasteiger partial charge in [0.1, 0.15) is 5.69 Å². The molecule has 0 atom stereocenters. The second kappa shape index (κ2) is 5.96. The number of aliphatic imine (C=N–C) groups is 1. The van der Waals surface area contributed by atoms with Crippen LogP contribution in [0.25, 0.3) is 11.0 Å². The molecule has 0 aliphatic rings. The van der Waals surface area contributed by atoms with Crippen LogP contribution in [0.4, 0.5) is 11.4 Å². The average Bonchev–Trinajstić information content (AvgIpc) is 2.54. The molecule has 0 spiro atoms. The van der Waals surface area contributed by atoms with E-state index in [1.807, 2.05) is 50.4 Å². The Morgan fingerprint density at radius 3 is 2.70 bits per heavy atom. The maximum atomic E-state index is 11.5. The van der Waals surface area contributed by atoms with E-state index in [1.54, 1.807) is 17.0 Å². The van der Waals surface area contributed by atoms with Gasteiger partial charge >= 0.3 is 5.63 Å². The smallest absolute Gasteiger partial charge is 0.336 e. The van der Waals surface area contributed by atoms with Crippen LogP contribution in [0.15, 0.2) is 68.8 Å². The Labute approximate surface area is 133 Å². The van der Waals surface area contributed by atoms with Crippen LogP contribution >= 0.6 is 0 Å². The summed E-state index contributed by atoms with van der Waals surface area (Å²) in [7, 11) is 1.84. The highest BCUT2D eigenvalue weighted by Gasteiger charge is 2.08. The van der Waals surface area contributed by atoms with Crippen molar-refractivity contribution in [2.24, 2.45) is 10.7 Å². The molecule has 0 bridgehead atoms. The summed E-state index contributed by atoms with van der Waals surface area (Å²) in [6.45, 7) is 2.02. The first kappa shape index (κ1) is 14.8. The number of hydrogen-bond donors (Lipinski definition) is 1. The van der Waals surface area contributed by atoms with Gasteiger partial charge in [-0.2, -0.15) is 0 Å². The molecule has 23 heavy (non-hydrogen) atoms. The highest BCUT2D eigenvalue weighted by Crippen LogP contribution is 2.25. The third-order valence-corrected chi connectivity index (χ3v) is 3.59. The van der Waals surface area contributed by atoms with Crippen molar-refractivity contribution in [1.82, 2.24) is 0 Å². The molecular weight excluding hydrogens is 290 g/mol. The van der Waals surface area contributed by atoms with E-state index in [0.717, 1.165) is 16.6 Å². The van der Waals surface area contributed by atoms with Gasteiger partial charge < -0.3 is 15.1 Å². The minimum absolute atomic E-state index is 0.314. The SMILES string of the molecule is Cc1cccc(N(C)C(N)=Nc2cccc3ccc(=O)oc23)c1. The first-order valence-electron chi connectivity index (χ1n) is 7.22. The number of fused-ring (bicyclic) bond motifs is 1. The Morgan fingerprint density at radius 2 is 1.91 bits per heavy atom. The van der Waals surface area contributed by atoms with E-state index >= 15 is 0 Å². The monoisotopic (exact) mass is 307 g/mol. The van der Waals surface area contributed by atoms with Crippen molar-refractivity contribution in [3.8, 4) is 0 Å². The van der Waals surface area contributed by atoms with Gasteiger partial charge in [-0.3, -0.25) is 0 Å². The molecular formula is C18H17N3O2. The Balaban J connectivity index is 2.04. The molecule has 0 aliphatic heterocycles. The van der Waals surface area contributed by atoms with Crippen LogP contribution in [0.2, 0.25) is 0 Å². The summed E-state index contributed by atoms with van der Waals surface area (Å²) in [6, 6.07) is 16.5. The minimum Gasteiger partial charge on any atom is -0.420 e. The third kappa shape index (κ3) is 3.08. The molecule has 1 aromatic heterocycles. The summed E-state index contributed by atoms with van der Waals surface area (Å²) >= 11 is 0. The normalized spacial score (nSPS) is 11.7. The first-order chi connectivity index (χ1) is 11.0. The van der Waals surface area contributed by atoms with Crippen LogP contribution in [0.3, 0.4) is 0 Å². The van der Waals surface area contributed by atoms with Gasteiger partial charge in [0.05, 0.1) is 0 Å². The van der Waals surface area contributed by atoms with E-state index in [1.165, 1.54) is 6.07 Å². The molecule has 5 heteroatoms. The van der Waals surface area contributed by atoms with Crippen LogP contribution in [-0.2, 0) is 0 Å². The van der Waals surface area contributed by atoms with Gasteiger partial charge in [-0.25, -0.2) is 9.79 Å². The van der Waals surface area contributed by atoms with E-state index in [4.69, 9.17) is 10.2 Å². The standard InChI is InChI=1S/C18H17N3O2/c1-12-5-3-7-14(11-12)21(2)18(19)20-15-8-4-6-13-9-10-16(22)23-17(13)15/h3-11H,1-2H3,(H2,19,20). The number of rotatable bonds is 2. The number of benzene rings is 2. The zero-order valence-electron chi connectivity index (χ0n) is 13.0. The van der Waals surface area contributed by atoms with Gasteiger partial charge in [0.25, 0.3) is 0 Å². The van der Waals surface area contributed by atoms with Gasteiger partial charge in [-0.1, -0.05) is 24.3 Å². The fourth-order valence-corrected chi connectivity index (χ4v) is 2.33. The lowest BCUT2D eigenvalue weighted by Crippen LogP contribution is -2.33. The molecule has 0 saturated heterocycles. The average molecular weight is 307 g/mol. The summed E-state index contributed by atoms with van der Waals surface area (Å²) in [5.74, 6) is 0.314. The molecule has 116 valence electrons. The zero-order valence-corrected chi connectivity index (χ0v) is 13.0. The quantitative estimate of drug-likeness (QED) is 0.448. The van der Waals surface area contributed by atoms with Gasteiger partial charge in [-0.05, 0) is 36.8 Å². The number of anilines is 1. The molecule has 3 aromatic rings. The van der Waals surface area contributed by atoms with Crippen molar-refractivity contribution in [2.45, 2.75) is 6.92 Å². The summed E-state index contributed by atoms with van der Waals surface area (Å²) in [5.41, 5.74) is 8.74. The second-order valence-electron chi connectivity index (χ2n) is 5.32. The molecule has 3 rings (SSSR count). The lowest BCUT2D eigenvalue weighted by Gasteiger charge is -2.18. The van der Waals surface area contributed by atoms with E-state index in [2.05, 4.69) is 4.99 Å². The summed E-state index contributed by atoms with van der Waals surface area (Å²) < 4.78 is 5.26. The largest absolute Gasteiger partial charge is 0.420 e. The van der Waals surface area contributed by atoms with Crippen LogP contribution in [0, 0.1) is 6.92 Å². The molecule has 0 radical (unpaired) electrons. The second-order valence-corrected chi connectivity index (χ2v) is 5.32. The third-order valence-electron chi connectivity index (χ3n) is 3.59. The molecule has 0 aliphatic carbocycles. The van der Waals surface area contributed by atoms with Crippen molar-refractivity contribution in [2.75, 3.05) is 11.9 Å². The molecule has 0 amide bonds. The number of nitrogens with zero attached hydrogens (tertiary/aromatic N) is 2. The first-order valence-corrected chi connectivity index (χ1v) is 7.22. The summed E-state index contributed by atoms with van der Waals surface area (Å²) in [4.78, 5) is 17.7. The molecule has 2 aromatic carbocycles. The highest BCUT2D eigenvalue weighted by molar-refractivity contribution is 5.98. The highest BCUT2D eigenvalue weighted by atomic mass is 16.4. The molecule has 2 N–H and O–H groups in total. The predicted octanol–water partition coefficient (Wildman–Crippen LogP) is 3.18. The van der Waals surface area contributed by atoms with Crippen molar-refractivity contribution in [3.63, 3.8) is 0 Å². The van der Waals surface area contributed by atoms with Gasteiger partial charge in [-0.15, -0.1) is 0 Å². The fraction of sp³-hybridized carbons (Fsp3) is 0.111. The maximum absolute atomic E-state index is 11.5. The van der Waals surface area contributed by atoms with Gasteiger partial charge in [0.2, 0.25) is 5.96 Å². The predicted molar refractivity (Wildman–Crippen MR) is 93.3 cm³/mol. The Morgan fingerprint density at radius 1 is 1.13 bits per heavy atom. The Bertz CT molecular complexity index is 944. The van der Waals surface area contributed by atoms with Crippen LogP contribution < -0.4 is 16.3 Å². The van der Waals surface area contributed by atoms with Crippen LogP contribution in [-0.4, -0.2) is 13.0 Å². The molecule has 0 saturated carbocycles. The summed E-state index contributed by atoms with van der Waals surface area (Å²) in [6.07, 6.45) is 0. The fourth-order valence-electron chi connectivity index (χ4n) is 2.33. The minimum atomic E-state index is -0.411. The van der Waals surface area contributed by atoms with Crippen LogP contribution in [0.5, 0.6) is 0 Å². The number of aryl methyl sites for hydroxylation is 1.